The molecule has 4 atom stereocenters. The van der Waals surface area contributed by atoms with Gasteiger partial charge in [0.05, 0.1) is 6.54 Å². The van der Waals surface area contributed by atoms with E-state index in [0.29, 0.717) is 11.3 Å². The largest absolute Gasteiger partial charge is 0.480 e. The molecule has 1 aromatic carbocycles. The molecule has 0 saturated heterocycles. The minimum absolute atomic E-state index is 0.00155. The molecule has 50 heavy (non-hydrogen) atoms. The van der Waals surface area contributed by atoms with Crippen molar-refractivity contribution in [2.45, 2.75) is 91.0 Å². The van der Waals surface area contributed by atoms with Crippen LogP contribution in [0.15, 0.2) is 64.3 Å². The lowest BCUT2D eigenvalue weighted by Crippen LogP contribution is -2.55. The van der Waals surface area contributed by atoms with Crippen LogP contribution in [0.4, 0.5) is 0 Å². The fourth-order valence-corrected chi connectivity index (χ4v) is 8.03. The molecule has 4 amide bonds. The number of amides is 4. The van der Waals surface area contributed by atoms with Gasteiger partial charge in [-0.05, 0) is 74.3 Å². The molecule has 0 radical (unpaired) electrons. The van der Waals surface area contributed by atoms with Gasteiger partial charge in [0, 0.05) is 35.8 Å². The topological polar surface area (TPSA) is 191 Å². The summed E-state index contributed by atoms with van der Waals surface area (Å²) in [6.45, 7) is 9.97. The summed E-state index contributed by atoms with van der Waals surface area (Å²) in [5, 5.41) is 31.1. The fraction of sp³-hybridized carbons (Fsp3) is 0.514. The summed E-state index contributed by atoms with van der Waals surface area (Å²) in [5.74, 6) is -3.18. The Kier molecular flexibility index (Phi) is 12.2. The zero-order valence-electron chi connectivity index (χ0n) is 29.5. The molecule has 0 heterocycles. The molecule has 12 nitrogen and oxygen atoms in total. The number of thioether (sulfide) groups is 1. The van der Waals surface area contributed by atoms with E-state index in [9.17, 15) is 39.0 Å². The molecule has 3 aliphatic rings. The van der Waals surface area contributed by atoms with E-state index < -0.39 is 65.3 Å². The number of hydrogen-bond donors (Lipinski definition) is 6. The number of benzene rings is 1. The lowest BCUT2D eigenvalue weighted by atomic mass is 9.67. The standard InChI is InChI=1S/C37H48N4O8S/c1-20(2)14-28(35(47)48)41-34(46)27(16-24-10-8-7-9-11-24)40-30(43)17-38-33(45)29(39-23(5)42)19-50-18-26-21(3)15-25-31(26)22(4)37(12-13-37)36(6,49)32(25)44/h7-11,15,20,27-29,49H,12-14,16-19H2,1-6H3,(H,38,45)(H,39,42)(H,40,43)(H,41,46)(H,47,48)/t27-,28-,29+,36-/m0/s1. The number of ketones is 1. The molecule has 270 valence electrons. The lowest BCUT2D eigenvalue weighted by Gasteiger charge is -2.39. The van der Waals surface area contributed by atoms with E-state index in [-0.39, 0.29) is 30.3 Å². The van der Waals surface area contributed by atoms with Crippen LogP contribution in [-0.2, 0) is 35.2 Å². The smallest absolute Gasteiger partial charge is 0.326 e. The Morgan fingerprint density at radius 3 is 2.18 bits per heavy atom. The monoisotopic (exact) mass is 708 g/mol. The van der Waals surface area contributed by atoms with Gasteiger partial charge in [0.2, 0.25) is 23.6 Å². The Hall–Kier alpha value is -4.23. The highest BCUT2D eigenvalue weighted by Gasteiger charge is 2.65. The van der Waals surface area contributed by atoms with Crippen LogP contribution in [-0.4, -0.2) is 87.4 Å². The molecule has 1 saturated carbocycles. The third-order valence-electron chi connectivity index (χ3n) is 9.77. The van der Waals surface area contributed by atoms with Gasteiger partial charge in [-0.2, -0.15) is 11.8 Å². The predicted molar refractivity (Wildman–Crippen MR) is 190 cm³/mol. The van der Waals surface area contributed by atoms with Gasteiger partial charge in [-0.3, -0.25) is 24.0 Å². The van der Waals surface area contributed by atoms with E-state index >= 15 is 0 Å². The molecule has 1 aromatic rings. The van der Waals surface area contributed by atoms with Crippen molar-refractivity contribution in [1.29, 1.82) is 0 Å². The first-order valence-corrected chi connectivity index (χ1v) is 18.0. The van der Waals surface area contributed by atoms with Gasteiger partial charge >= 0.3 is 5.97 Å². The number of allylic oxidation sites excluding steroid dienone is 3. The van der Waals surface area contributed by atoms with Crippen molar-refractivity contribution in [2.24, 2.45) is 11.3 Å². The summed E-state index contributed by atoms with van der Waals surface area (Å²) < 4.78 is 0. The Morgan fingerprint density at radius 2 is 1.60 bits per heavy atom. The molecule has 1 spiro atoms. The van der Waals surface area contributed by atoms with Crippen LogP contribution < -0.4 is 21.3 Å². The van der Waals surface area contributed by atoms with Gasteiger partial charge in [0.15, 0.2) is 5.78 Å². The van der Waals surface area contributed by atoms with E-state index in [2.05, 4.69) is 21.3 Å². The molecule has 6 N–H and O–H groups in total. The van der Waals surface area contributed by atoms with Gasteiger partial charge in [-0.25, -0.2) is 4.79 Å². The number of nitrogens with one attached hydrogen (secondary N) is 4. The number of rotatable bonds is 16. The summed E-state index contributed by atoms with van der Waals surface area (Å²) in [7, 11) is 0. The van der Waals surface area contributed by atoms with Crippen molar-refractivity contribution in [3.63, 3.8) is 0 Å². The molecular weight excluding hydrogens is 660 g/mol. The Labute approximate surface area is 297 Å². The van der Waals surface area contributed by atoms with Crippen LogP contribution in [0.3, 0.4) is 0 Å². The maximum absolute atomic E-state index is 13.3. The number of aliphatic hydroxyl groups is 1. The van der Waals surface area contributed by atoms with Gasteiger partial charge in [0.25, 0.3) is 0 Å². The van der Waals surface area contributed by atoms with Crippen molar-refractivity contribution in [2.75, 3.05) is 18.1 Å². The number of hydrogen-bond acceptors (Lipinski definition) is 8. The summed E-state index contributed by atoms with van der Waals surface area (Å²) in [4.78, 5) is 76.6. The third-order valence-corrected chi connectivity index (χ3v) is 10.8. The van der Waals surface area contributed by atoms with E-state index in [1.807, 2.05) is 39.8 Å². The van der Waals surface area contributed by atoms with Gasteiger partial charge in [-0.1, -0.05) is 49.8 Å². The molecular formula is C37H48N4O8S. The number of aliphatic carboxylic acids is 1. The Morgan fingerprint density at radius 1 is 0.940 bits per heavy atom. The van der Waals surface area contributed by atoms with Gasteiger partial charge in [0.1, 0.15) is 23.7 Å². The quantitative estimate of drug-likeness (QED) is 0.150. The van der Waals surface area contributed by atoms with E-state index in [0.717, 1.165) is 40.7 Å². The van der Waals surface area contributed by atoms with E-state index in [4.69, 9.17) is 0 Å². The summed E-state index contributed by atoms with van der Waals surface area (Å²) in [6.07, 6.45) is 3.60. The van der Waals surface area contributed by atoms with Crippen LogP contribution in [0.2, 0.25) is 0 Å². The maximum Gasteiger partial charge on any atom is 0.326 e. The summed E-state index contributed by atoms with van der Waals surface area (Å²) in [6, 6.07) is 5.72. The molecule has 0 bridgehead atoms. The normalized spacial score (nSPS) is 20.9. The fourth-order valence-electron chi connectivity index (χ4n) is 6.87. The first kappa shape index (κ1) is 38.6. The van der Waals surface area contributed by atoms with Crippen LogP contribution in [0.25, 0.3) is 0 Å². The van der Waals surface area contributed by atoms with Crippen LogP contribution in [0.5, 0.6) is 0 Å². The highest BCUT2D eigenvalue weighted by atomic mass is 32.2. The molecule has 4 rings (SSSR count). The number of Topliss-reactive ketones (excluding diaryl/α,β-unsaturated/α-hetero) is 1. The summed E-state index contributed by atoms with van der Waals surface area (Å²) in [5.41, 5.74) is 2.99. The van der Waals surface area contributed by atoms with Gasteiger partial charge in [-0.15, -0.1) is 0 Å². The lowest BCUT2D eigenvalue weighted by molar-refractivity contribution is -0.142. The number of fused-ring (bicyclic) bond motifs is 1. The molecule has 0 aromatic heterocycles. The third kappa shape index (κ3) is 8.55. The number of carboxylic acid groups (broad SMARTS) is 1. The van der Waals surface area contributed by atoms with Gasteiger partial charge < -0.3 is 31.5 Å². The first-order valence-electron chi connectivity index (χ1n) is 16.9. The Bertz CT molecular complexity index is 1640. The minimum atomic E-state index is -1.45. The molecule has 3 aliphatic carbocycles. The summed E-state index contributed by atoms with van der Waals surface area (Å²) >= 11 is 1.40. The highest BCUT2D eigenvalue weighted by Crippen LogP contribution is 2.65. The minimum Gasteiger partial charge on any atom is -0.480 e. The van der Waals surface area contributed by atoms with E-state index in [1.165, 1.54) is 18.7 Å². The molecule has 1 fully saturated rings. The highest BCUT2D eigenvalue weighted by molar-refractivity contribution is 7.99. The zero-order chi connectivity index (χ0) is 37.0. The Balaban J connectivity index is 1.38. The molecule has 0 unspecified atom stereocenters. The number of carboxylic acids is 1. The van der Waals surface area contributed by atoms with Crippen molar-refractivity contribution < 1.29 is 39.0 Å². The van der Waals surface area contributed by atoms with Crippen molar-refractivity contribution in [3.8, 4) is 0 Å². The number of carbonyl (C=O) groups excluding carboxylic acids is 5. The van der Waals surface area contributed by atoms with E-state index in [1.54, 1.807) is 31.2 Å². The van der Waals surface area contributed by atoms with Crippen LogP contribution in [0.1, 0.15) is 66.4 Å². The average Bonchev–Trinajstić information content (AvgIpc) is 3.80. The average molecular weight is 709 g/mol. The maximum atomic E-state index is 13.3. The second-order valence-corrected chi connectivity index (χ2v) is 15.1. The second-order valence-electron chi connectivity index (χ2n) is 14.0. The number of carbonyl (C=O) groups is 6. The van der Waals surface area contributed by atoms with Crippen LogP contribution >= 0.6 is 11.8 Å². The van der Waals surface area contributed by atoms with Crippen LogP contribution in [0, 0.1) is 11.3 Å². The second kappa shape index (κ2) is 15.8. The van der Waals surface area contributed by atoms with Crippen molar-refractivity contribution >= 4 is 47.1 Å². The SMILES string of the molecule is CC(=O)N[C@H](CSCC1=C(C)C=C2C(=O)[C@](C)(O)C3(CC3)C(C)=C21)C(=O)NCC(=O)N[C@@H](Cc1ccccc1)C(=O)N[C@@H](CC(C)C)C(=O)O. The van der Waals surface area contributed by atoms with Crippen molar-refractivity contribution in [3.05, 3.63) is 69.8 Å². The molecule has 13 heteroatoms. The van der Waals surface area contributed by atoms with Crippen molar-refractivity contribution in [1.82, 2.24) is 21.3 Å². The predicted octanol–water partition coefficient (Wildman–Crippen LogP) is 2.37. The zero-order valence-corrected chi connectivity index (χ0v) is 30.3. The molecule has 0 aliphatic heterocycles. The first-order chi connectivity index (χ1) is 23.5.